The van der Waals surface area contributed by atoms with Crippen molar-refractivity contribution in [2.45, 2.75) is 17.1 Å². The highest BCUT2D eigenvalue weighted by Gasteiger charge is 2.02. The highest BCUT2D eigenvalue weighted by Crippen LogP contribution is 2.29. The molecule has 0 aliphatic rings. The number of thiophene rings is 1. The lowest BCUT2D eigenvalue weighted by Crippen LogP contribution is -1.99. The van der Waals surface area contributed by atoms with E-state index in [2.05, 4.69) is 0 Å². The van der Waals surface area contributed by atoms with E-state index in [1.807, 2.05) is 36.4 Å². The average Bonchev–Trinajstić information content (AvgIpc) is 2.74. The van der Waals surface area contributed by atoms with Crippen LogP contribution in [0.1, 0.15) is 10.4 Å². The van der Waals surface area contributed by atoms with Gasteiger partial charge in [0, 0.05) is 15.5 Å². The maximum Gasteiger partial charge on any atom is 0.307 e. The number of hydrogen-bond donors (Lipinski definition) is 1. The first kappa shape index (κ1) is 13.5. The number of hydrogen-bond acceptors (Lipinski definition) is 3. The summed E-state index contributed by atoms with van der Waals surface area (Å²) in [5.74, 6) is 0.0824. The summed E-state index contributed by atoms with van der Waals surface area (Å²) in [5.41, 5.74) is 0.825. The molecule has 0 atom stereocenters. The van der Waals surface area contributed by atoms with Crippen molar-refractivity contribution in [3.63, 3.8) is 0 Å². The van der Waals surface area contributed by atoms with Gasteiger partial charge in [-0.1, -0.05) is 23.7 Å². The predicted molar refractivity (Wildman–Crippen MR) is 76.7 cm³/mol. The Labute approximate surface area is 119 Å². The molecular weight excluding hydrogens is 288 g/mol. The number of carboxylic acid groups (broad SMARTS) is 1. The van der Waals surface area contributed by atoms with Gasteiger partial charge in [-0.15, -0.1) is 23.1 Å². The van der Waals surface area contributed by atoms with Crippen LogP contribution in [0, 0.1) is 0 Å². The second-order valence-electron chi connectivity index (χ2n) is 3.71. The first-order valence-corrected chi connectivity index (χ1v) is 7.49. The average molecular weight is 299 g/mol. The fourth-order valence-corrected chi connectivity index (χ4v) is 3.49. The van der Waals surface area contributed by atoms with E-state index in [4.69, 9.17) is 16.7 Å². The highest BCUT2D eigenvalue weighted by molar-refractivity contribution is 7.98. The Morgan fingerprint density at radius 2 is 1.94 bits per heavy atom. The summed E-state index contributed by atoms with van der Waals surface area (Å²) in [6.07, 6.45) is 0.0749. The van der Waals surface area contributed by atoms with Crippen LogP contribution in [0.4, 0.5) is 0 Å². The molecule has 2 rings (SSSR count). The Bertz CT molecular complexity index is 534. The van der Waals surface area contributed by atoms with Gasteiger partial charge in [-0.3, -0.25) is 4.79 Å². The molecular formula is C13H11ClO2S2. The fraction of sp³-hybridized carbons (Fsp3) is 0.154. The Hall–Kier alpha value is -0.970. The Morgan fingerprint density at radius 1 is 1.22 bits per heavy atom. The molecule has 0 aliphatic heterocycles. The van der Waals surface area contributed by atoms with Crippen molar-refractivity contribution in [1.29, 1.82) is 0 Å². The van der Waals surface area contributed by atoms with Crippen LogP contribution < -0.4 is 0 Å². The van der Waals surface area contributed by atoms with Crippen LogP contribution in [0.2, 0.25) is 4.34 Å². The van der Waals surface area contributed by atoms with Gasteiger partial charge in [-0.25, -0.2) is 0 Å². The zero-order valence-corrected chi connectivity index (χ0v) is 11.8. The molecule has 1 aromatic heterocycles. The number of carbonyl (C=O) groups is 1. The van der Waals surface area contributed by atoms with Gasteiger partial charge in [0.2, 0.25) is 0 Å². The highest BCUT2D eigenvalue weighted by atomic mass is 35.5. The van der Waals surface area contributed by atoms with Crippen LogP contribution in [0.3, 0.4) is 0 Å². The van der Waals surface area contributed by atoms with E-state index in [0.29, 0.717) is 0 Å². The zero-order valence-electron chi connectivity index (χ0n) is 9.43. The van der Waals surface area contributed by atoms with Gasteiger partial charge in [-0.2, -0.15) is 0 Å². The van der Waals surface area contributed by atoms with E-state index in [1.54, 1.807) is 23.1 Å². The summed E-state index contributed by atoms with van der Waals surface area (Å²) < 4.78 is 0.808. The van der Waals surface area contributed by atoms with Crippen molar-refractivity contribution >= 4 is 40.7 Å². The van der Waals surface area contributed by atoms with Crippen molar-refractivity contribution in [2.75, 3.05) is 0 Å². The Morgan fingerprint density at radius 3 is 2.50 bits per heavy atom. The quantitative estimate of drug-likeness (QED) is 0.835. The van der Waals surface area contributed by atoms with Crippen LogP contribution >= 0.6 is 34.7 Å². The molecule has 1 aromatic carbocycles. The number of aliphatic carboxylic acids is 1. The van der Waals surface area contributed by atoms with E-state index in [0.717, 1.165) is 20.5 Å². The Balaban J connectivity index is 1.92. The summed E-state index contributed by atoms with van der Waals surface area (Å²) >= 11 is 9.17. The van der Waals surface area contributed by atoms with Crippen LogP contribution in [-0.2, 0) is 17.0 Å². The zero-order chi connectivity index (χ0) is 13.0. The molecule has 0 radical (unpaired) electrons. The summed E-state index contributed by atoms with van der Waals surface area (Å²) in [7, 11) is 0. The molecule has 0 amide bonds. The standard InChI is InChI=1S/C13H11ClO2S2/c14-12-6-5-11(18-12)8-17-10-3-1-9(2-4-10)7-13(15)16/h1-6H,7-8H2,(H,15,16). The van der Waals surface area contributed by atoms with E-state index in [-0.39, 0.29) is 6.42 Å². The third kappa shape index (κ3) is 4.05. The predicted octanol–water partition coefficient (Wildman–Crippen LogP) is 4.32. The van der Waals surface area contributed by atoms with Crippen molar-refractivity contribution in [1.82, 2.24) is 0 Å². The minimum Gasteiger partial charge on any atom is -0.481 e. The summed E-state index contributed by atoms with van der Waals surface area (Å²) in [6, 6.07) is 11.6. The molecule has 0 fully saturated rings. The molecule has 0 saturated carbocycles. The van der Waals surface area contributed by atoms with Crippen molar-refractivity contribution < 1.29 is 9.90 Å². The van der Waals surface area contributed by atoms with Crippen LogP contribution in [0.5, 0.6) is 0 Å². The SMILES string of the molecule is O=C(O)Cc1ccc(SCc2ccc(Cl)s2)cc1. The van der Waals surface area contributed by atoms with Gasteiger partial charge in [0.05, 0.1) is 10.8 Å². The summed E-state index contributed by atoms with van der Waals surface area (Å²) in [4.78, 5) is 12.9. The van der Waals surface area contributed by atoms with Gasteiger partial charge >= 0.3 is 5.97 Å². The van der Waals surface area contributed by atoms with E-state index in [1.165, 1.54) is 4.88 Å². The molecule has 0 unspecified atom stereocenters. The third-order valence-corrected chi connectivity index (χ3v) is 4.76. The topological polar surface area (TPSA) is 37.3 Å². The maximum absolute atomic E-state index is 10.6. The first-order chi connectivity index (χ1) is 8.63. The molecule has 18 heavy (non-hydrogen) atoms. The first-order valence-electron chi connectivity index (χ1n) is 5.31. The van der Waals surface area contributed by atoms with Crippen LogP contribution in [0.25, 0.3) is 0 Å². The molecule has 2 nitrogen and oxygen atoms in total. The smallest absolute Gasteiger partial charge is 0.307 e. The minimum absolute atomic E-state index is 0.0749. The lowest BCUT2D eigenvalue weighted by Gasteiger charge is -2.01. The van der Waals surface area contributed by atoms with Crippen molar-refractivity contribution in [3.05, 3.63) is 51.2 Å². The maximum atomic E-state index is 10.6. The number of benzene rings is 1. The normalized spacial score (nSPS) is 10.5. The van der Waals surface area contributed by atoms with Crippen molar-refractivity contribution in [3.8, 4) is 0 Å². The number of thioether (sulfide) groups is 1. The molecule has 0 spiro atoms. The molecule has 0 saturated heterocycles. The number of rotatable bonds is 5. The Kier molecular flexibility index (Phi) is 4.69. The third-order valence-electron chi connectivity index (χ3n) is 2.29. The molecule has 2 aromatic rings. The fourth-order valence-electron chi connectivity index (χ4n) is 1.46. The van der Waals surface area contributed by atoms with E-state index in [9.17, 15) is 4.79 Å². The minimum atomic E-state index is -0.802. The molecule has 0 aliphatic carbocycles. The second kappa shape index (κ2) is 6.27. The number of carboxylic acids is 1. The molecule has 1 N–H and O–H groups in total. The lowest BCUT2D eigenvalue weighted by atomic mass is 10.2. The largest absolute Gasteiger partial charge is 0.481 e. The second-order valence-corrected chi connectivity index (χ2v) is 6.56. The van der Waals surface area contributed by atoms with E-state index >= 15 is 0 Å². The van der Waals surface area contributed by atoms with E-state index < -0.39 is 5.97 Å². The lowest BCUT2D eigenvalue weighted by molar-refractivity contribution is -0.136. The summed E-state index contributed by atoms with van der Waals surface area (Å²) in [5, 5.41) is 8.67. The van der Waals surface area contributed by atoms with Gasteiger partial charge in [0.15, 0.2) is 0 Å². The molecule has 0 bridgehead atoms. The summed E-state index contributed by atoms with van der Waals surface area (Å²) in [6.45, 7) is 0. The van der Waals surface area contributed by atoms with Crippen LogP contribution in [-0.4, -0.2) is 11.1 Å². The van der Waals surface area contributed by atoms with Gasteiger partial charge in [-0.05, 0) is 29.8 Å². The van der Waals surface area contributed by atoms with Gasteiger partial charge < -0.3 is 5.11 Å². The molecule has 1 heterocycles. The molecule has 5 heteroatoms. The monoisotopic (exact) mass is 298 g/mol. The van der Waals surface area contributed by atoms with Crippen molar-refractivity contribution in [2.24, 2.45) is 0 Å². The molecule has 94 valence electrons. The van der Waals surface area contributed by atoms with Crippen LogP contribution in [0.15, 0.2) is 41.3 Å². The number of halogens is 1. The van der Waals surface area contributed by atoms with Gasteiger partial charge in [0.1, 0.15) is 0 Å². The van der Waals surface area contributed by atoms with Gasteiger partial charge in [0.25, 0.3) is 0 Å².